The molecule has 4 nitrogen and oxygen atoms in total. The highest BCUT2D eigenvalue weighted by Gasteiger charge is 2.12. The van der Waals surface area contributed by atoms with Crippen molar-refractivity contribution in [1.29, 1.82) is 0 Å². The number of rotatable bonds is 5. The maximum Gasteiger partial charge on any atom is 0.271 e. The number of anilines is 1. The van der Waals surface area contributed by atoms with E-state index in [1.165, 1.54) is 12.1 Å². The van der Waals surface area contributed by atoms with Gasteiger partial charge in [0.1, 0.15) is 0 Å². The molecule has 16 heavy (non-hydrogen) atoms. The maximum absolute atomic E-state index is 10.6. The summed E-state index contributed by atoms with van der Waals surface area (Å²) in [6, 6.07) is 4.59. The highest BCUT2D eigenvalue weighted by molar-refractivity contribution is 6.33. The van der Waals surface area contributed by atoms with Crippen LogP contribution >= 0.6 is 11.6 Å². The zero-order chi connectivity index (χ0) is 12.1. The highest BCUT2D eigenvalue weighted by atomic mass is 35.5. The largest absolute Gasteiger partial charge is 0.371 e. The van der Waals surface area contributed by atoms with E-state index in [0.29, 0.717) is 5.02 Å². The summed E-state index contributed by atoms with van der Waals surface area (Å²) in [6.45, 7) is 5.86. The van der Waals surface area contributed by atoms with Gasteiger partial charge in [-0.1, -0.05) is 18.5 Å². The Morgan fingerprint density at radius 3 is 2.56 bits per heavy atom. The Bertz CT molecular complexity index is 382. The van der Waals surface area contributed by atoms with Crippen LogP contribution in [0.5, 0.6) is 0 Å². The third-order valence-corrected chi connectivity index (χ3v) is 2.66. The van der Waals surface area contributed by atoms with Crippen LogP contribution in [0.2, 0.25) is 5.02 Å². The first-order valence-electron chi connectivity index (χ1n) is 5.29. The third-order valence-electron chi connectivity index (χ3n) is 2.36. The number of nitro groups is 1. The van der Waals surface area contributed by atoms with Crippen molar-refractivity contribution in [3.8, 4) is 0 Å². The Balaban J connectivity index is 3.01. The molecule has 0 saturated carbocycles. The Morgan fingerprint density at radius 1 is 1.44 bits per heavy atom. The van der Waals surface area contributed by atoms with Gasteiger partial charge >= 0.3 is 0 Å². The Kier molecular flexibility index (Phi) is 4.55. The molecule has 0 unspecified atom stereocenters. The third kappa shape index (κ3) is 2.85. The highest BCUT2D eigenvalue weighted by Crippen LogP contribution is 2.29. The van der Waals surface area contributed by atoms with Crippen molar-refractivity contribution in [3.05, 3.63) is 33.3 Å². The summed E-state index contributed by atoms with van der Waals surface area (Å²) in [5, 5.41) is 11.0. The molecule has 1 aromatic rings. The molecule has 5 heteroatoms. The fraction of sp³-hybridized carbons (Fsp3) is 0.455. The number of halogens is 1. The van der Waals surface area contributed by atoms with E-state index in [1.807, 2.05) is 6.92 Å². The molecule has 88 valence electrons. The molecule has 0 spiro atoms. The van der Waals surface area contributed by atoms with E-state index in [0.717, 1.165) is 25.2 Å². The average Bonchev–Trinajstić information content (AvgIpc) is 2.26. The van der Waals surface area contributed by atoms with Crippen LogP contribution in [0.4, 0.5) is 11.4 Å². The Morgan fingerprint density at radius 2 is 2.12 bits per heavy atom. The zero-order valence-corrected chi connectivity index (χ0v) is 10.2. The van der Waals surface area contributed by atoms with Gasteiger partial charge in [0.25, 0.3) is 5.69 Å². The molecule has 0 fully saturated rings. The lowest BCUT2D eigenvalue weighted by Gasteiger charge is -2.23. The molecule has 0 aliphatic heterocycles. The van der Waals surface area contributed by atoms with Gasteiger partial charge in [0.05, 0.1) is 15.6 Å². The molecule has 1 aromatic carbocycles. The van der Waals surface area contributed by atoms with Gasteiger partial charge in [-0.15, -0.1) is 0 Å². The second kappa shape index (κ2) is 5.70. The topological polar surface area (TPSA) is 46.4 Å². The lowest BCUT2D eigenvalue weighted by molar-refractivity contribution is -0.384. The predicted octanol–water partition coefficient (Wildman–Crippen LogP) is 3.48. The minimum Gasteiger partial charge on any atom is -0.371 e. The van der Waals surface area contributed by atoms with Crippen molar-refractivity contribution in [3.63, 3.8) is 0 Å². The number of non-ortho nitro benzene ring substituents is 1. The first kappa shape index (κ1) is 12.8. The Hall–Kier alpha value is -1.29. The normalized spacial score (nSPS) is 10.2. The van der Waals surface area contributed by atoms with E-state index >= 15 is 0 Å². The van der Waals surface area contributed by atoms with Crippen molar-refractivity contribution < 1.29 is 4.92 Å². The molecular formula is C11H15ClN2O2. The smallest absolute Gasteiger partial charge is 0.271 e. The molecule has 0 heterocycles. The van der Waals surface area contributed by atoms with E-state index in [1.54, 1.807) is 6.07 Å². The molecule has 0 aliphatic carbocycles. The molecule has 0 radical (unpaired) electrons. The van der Waals surface area contributed by atoms with Gasteiger partial charge in [0.2, 0.25) is 0 Å². The summed E-state index contributed by atoms with van der Waals surface area (Å²) in [5.74, 6) is 0. The average molecular weight is 243 g/mol. The van der Waals surface area contributed by atoms with Gasteiger partial charge in [0, 0.05) is 25.2 Å². The monoisotopic (exact) mass is 242 g/mol. The van der Waals surface area contributed by atoms with Crippen LogP contribution < -0.4 is 4.90 Å². The second-order valence-corrected chi connectivity index (χ2v) is 3.88. The maximum atomic E-state index is 10.6. The summed E-state index contributed by atoms with van der Waals surface area (Å²) in [7, 11) is 0. The van der Waals surface area contributed by atoms with Gasteiger partial charge in [-0.3, -0.25) is 10.1 Å². The standard InChI is InChI=1S/C11H15ClN2O2/c1-3-7-13(4-2)11-6-5-9(14(15)16)8-10(11)12/h5-6,8H,3-4,7H2,1-2H3. The number of nitrogens with zero attached hydrogens (tertiary/aromatic N) is 2. The Labute approximate surface area is 100.0 Å². The fourth-order valence-electron chi connectivity index (χ4n) is 1.58. The molecule has 0 aliphatic rings. The quantitative estimate of drug-likeness (QED) is 0.587. The molecule has 0 atom stereocenters. The molecule has 0 saturated heterocycles. The van der Waals surface area contributed by atoms with Gasteiger partial charge in [-0.2, -0.15) is 0 Å². The van der Waals surface area contributed by atoms with E-state index in [2.05, 4.69) is 11.8 Å². The van der Waals surface area contributed by atoms with Crippen LogP contribution in [0.25, 0.3) is 0 Å². The molecule has 0 N–H and O–H groups in total. The summed E-state index contributed by atoms with van der Waals surface area (Å²) in [6.07, 6.45) is 1.02. The van der Waals surface area contributed by atoms with Gasteiger partial charge in [0.15, 0.2) is 0 Å². The van der Waals surface area contributed by atoms with Crippen molar-refractivity contribution >= 4 is 23.0 Å². The molecule has 0 bridgehead atoms. The van der Waals surface area contributed by atoms with Crippen LogP contribution in [0, 0.1) is 10.1 Å². The van der Waals surface area contributed by atoms with Crippen LogP contribution in [0.15, 0.2) is 18.2 Å². The molecule has 0 amide bonds. The number of hydrogen-bond acceptors (Lipinski definition) is 3. The molecule has 1 rings (SSSR count). The zero-order valence-electron chi connectivity index (χ0n) is 9.44. The first-order chi connectivity index (χ1) is 7.60. The fourth-order valence-corrected chi connectivity index (χ4v) is 1.88. The number of hydrogen-bond donors (Lipinski definition) is 0. The van der Waals surface area contributed by atoms with Crippen LogP contribution in [-0.4, -0.2) is 18.0 Å². The SMILES string of the molecule is CCCN(CC)c1ccc([N+](=O)[O-])cc1Cl. The lowest BCUT2D eigenvalue weighted by Crippen LogP contribution is -2.23. The second-order valence-electron chi connectivity index (χ2n) is 3.47. The van der Waals surface area contributed by atoms with Crippen LogP contribution in [0.1, 0.15) is 20.3 Å². The van der Waals surface area contributed by atoms with Crippen LogP contribution in [-0.2, 0) is 0 Å². The minimum absolute atomic E-state index is 0.0290. The van der Waals surface area contributed by atoms with Gasteiger partial charge < -0.3 is 4.90 Å². The van der Waals surface area contributed by atoms with Gasteiger partial charge in [-0.05, 0) is 19.4 Å². The molecule has 0 aromatic heterocycles. The summed E-state index contributed by atoms with van der Waals surface area (Å²) in [5.41, 5.74) is 0.887. The van der Waals surface area contributed by atoms with Crippen molar-refractivity contribution in [2.75, 3.05) is 18.0 Å². The summed E-state index contributed by atoms with van der Waals surface area (Å²) >= 11 is 6.04. The van der Waals surface area contributed by atoms with E-state index in [-0.39, 0.29) is 5.69 Å². The van der Waals surface area contributed by atoms with E-state index in [4.69, 9.17) is 11.6 Å². The molecular weight excluding hydrogens is 228 g/mol. The predicted molar refractivity (Wildman–Crippen MR) is 66.3 cm³/mol. The van der Waals surface area contributed by atoms with Crippen LogP contribution in [0.3, 0.4) is 0 Å². The summed E-state index contributed by atoms with van der Waals surface area (Å²) < 4.78 is 0. The van der Waals surface area contributed by atoms with Crippen molar-refractivity contribution in [2.45, 2.75) is 20.3 Å². The van der Waals surface area contributed by atoms with E-state index in [9.17, 15) is 10.1 Å². The van der Waals surface area contributed by atoms with Crippen molar-refractivity contribution in [2.24, 2.45) is 0 Å². The number of benzene rings is 1. The summed E-state index contributed by atoms with van der Waals surface area (Å²) in [4.78, 5) is 12.2. The van der Waals surface area contributed by atoms with Crippen molar-refractivity contribution in [1.82, 2.24) is 0 Å². The minimum atomic E-state index is -0.439. The van der Waals surface area contributed by atoms with E-state index < -0.39 is 4.92 Å². The van der Waals surface area contributed by atoms with Gasteiger partial charge in [-0.25, -0.2) is 0 Å². The number of nitro benzene ring substituents is 1. The first-order valence-corrected chi connectivity index (χ1v) is 5.66. The lowest BCUT2D eigenvalue weighted by atomic mass is 10.2.